The van der Waals surface area contributed by atoms with Gasteiger partial charge in [0.2, 0.25) is 0 Å². The molecule has 1 unspecified atom stereocenters. The lowest BCUT2D eigenvalue weighted by Gasteiger charge is -2.20. The Bertz CT molecular complexity index is 866. The van der Waals surface area contributed by atoms with E-state index in [4.69, 9.17) is 23.2 Å². The number of anilines is 1. The number of phenols is 1. The van der Waals surface area contributed by atoms with Crippen LogP contribution in [-0.4, -0.2) is 32.0 Å². The molecule has 0 radical (unpaired) electrons. The maximum absolute atomic E-state index is 12.9. The number of esters is 1. The number of carbonyl (C=O) groups excluding carboxylic acids is 1. The number of carbonyl (C=O) groups is 1. The maximum Gasteiger partial charge on any atom is 0.308 e. The summed E-state index contributed by atoms with van der Waals surface area (Å²) < 4.78 is 30.3. The Hall–Kier alpha value is -1.96. The Morgan fingerprint density at radius 1 is 1.20 bits per heavy atom. The van der Waals surface area contributed by atoms with Gasteiger partial charge in [0.1, 0.15) is 11.1 Å². The first-order chi connectivity index (χ1) is 11.7. The van der Waals surface area contributed by atoms with E-state index >= 15 is 0 Å². The number of hydrogen-bond donors (Lipinski definition) is 2. The molecule has 1 atom stereocenters. The third-order valence-corrected chi connectivity index (χ3v) is 5.67. The van der Waals surface area contributed by atoms with Crippen LogP contribution in [0.15, 0.2) is 47.4 Å². The number of methoxy groups -OCH3 is 1. The second-order valence-corrected chi connectivity index (χ2v) is 8.12. The van der Waals surface area contributed by atoms with Crippen LogP contribution in [-0.2, 0) is 19.4 Å². The van der Waals surface area contributed by atoms with Gasteiger partial charge in [-0.1, -0.05) is 29.3 Å². The first-order valence-electron chi connectivity index (χ1n) is 7.05. The van der Waals surface area contributed by atoms with E-state index in [-0.39, 0.29) is 10.6 Å². The molecule has 25 heavy (non-hydrogen) atoms. The van der Waals surface area contributed by atoms with Crippen LogP contribution in [0.4, 0.5) is 5.69 Å². The number of hydrogen-bond acceptors (Lipinski definition) is 6. The smallest absolute Gasteiger partial charge is 0.308 e. The Morgan fingerprint density at radius 2 is 1.84 bits per heavy atom. The summed E-state index contributed by atoms with van der Waals surface area (Å²) in [5.41, 5.74) is 0.329. The molecule has 0 aliphatic heterocycles. The molecule has 0 aliphatic rings. The fraction of sp³-hybridized carbons (Fsp3) is 0.188. The van der Waals surface area contributed by atoms with Crippen molar-refractivity contribution in [3.63, 3.8) is 0 Å². The molecule has 0 saturated carbocycles. The van der Waals surface area contributed by atoms with Crippen molar-refractivity contribution in [1.82, 2.24) is 0 Å². The summed E-state index contributed by atoms with van der Waals surface area (Å²) in [5.74, 6) is -0.918. The number of rotatable bonds is 6. The molecular formula is C16H15Cl2NO5S. The molecule has 2 N–H and O–H groups in total. The molecule has 0 bridgehead atoms. The van der Waals surface area contributed by atoms with E-state index in [0.717, 1.165) is 13.2 Å². The summed E-state index contributed by atoms with van der Waals surface area (Å²) in [6.45, 7) is 0. The minimum Gasteiger partial charge on any atom is -0.508 e. The van der Waals surface area contributed by atoms with Crippen LogP contribution in [0.3, 0.4) is 0 Å². The number of ether oxygens (including phenoxy) is 1. The summed E-state index contributed by atoms with van der Waals surface area (Å²) in [4.78, 5) is 11.5. The zero-order valence-corrected chi connectivity index (χ0v) is 15.4. The van der Waals surface area contributed by atoms with Gasteiger partial charge < -0.3 is 15.2 Å². The first-order valence-corrected chi connectivity index (χ1v) is 9.35. The van der Waals surface area contributed by atoms with Crippen LogP contribution in [0.25, 0.3) is 0 Å². The van der Waals surface area contributed by atoms with Gasteiger partial charge in [0.05, 0.1) is 18.4 Å². The number of halogens is 2. The number of nitrogens with one attached hydrogen (secondary N) is 1. The predicted molar refractivity (Wildman–Crippen MR) is 95.8 cm³/mol. The Kier molecular flexibility index (Phi) is 6.16. The molecular weight excluding hydrogens is 389 g/mol. The van der Waals surface area contributed by atoms with Crippen molar-refractivity contribution < 1.29 is 23.1 Å². The zero-order valence-electron chi connectivity index (χ0n) is 13.1. The van der Waals surface area contributed by atoms with Gasteiger partial charge in [-0.3, -0.25) is 4.79 Å². The van der Waals surface area contributed by atoms with Crippen molar-refractivity contribution in [2.75, 3.05) is 12.4 Å². The maximum atomic E-state index is 12.9. The lowest BCUT2D eigenvalue weighted by molar-refractivity contribution is -0.140. The molecule has 0 amide bonds. The summed E-state index contributed by atoms with van der Waals surface area (Å²) in [7, 11) is -2.85. The average Bonchev–Trinajstić information content (AvgIpc) is 2.53. The molecule has 0 heterocycles. The van der Waals surface area contributed by atoms with E-state index < -0.39 is 27.6 Å². The van der Waals surface area contributed by atoms with Crippen LogP contribution in [0.1, 0.15) is 6.42 Å². The van der Waals surface area contributed by atoms with Gasteiger partial charge >= 0.3 is 5.97 Å². The van der Waals surface area contributed by atoms with Gasteiger partial charge in [-0.15, -0.1) is 0 Å². The third kappa shape index (κ3) is 5.01. The molecule has 134 valence electrons. The van der Waals surface area contributed by atoms with Gasteiger partial charge in [0, 0.05) is 15.7 Å². The average molecular weight is 404 g/mol. The van der Waals surface area contributed by atoms with E-state index in [1.807, 2.05) is 0 Å². The topological polar surface area (TPSA) is 92.7 Å². The standard InChI is InChI=1S/C16H15Cl2NO5S/c1-24-16(21)9-15(19-12-6-10(17)5-11(18)7-12)25(22,23)14-4-2-3-13(20)8-14/h2-8,15,19-20H,9H2,1H3. The van der Waals surface area contributed by atoms with E-state index in [1.54, 1.807) is 0 Å². The summed E-state index contributed by atoms with van der Waals surface area (Å²) in [6.07, 6.45) is -0.446. The number of aromatic hydroxyl groups is 1. The lowest BCUT2D eigenvalue weighted by Crippen LogP contribution is -2.32. The third-order valence-electron chi connectivity index (χ3n) is 3.29. The first kappa shape index (κ1) is 19.4. The molecule has 0 spiro atoms. The molecule has 9 heteroatoms. The fourth-order valence-corrected chi connectivity index (χ4v) is 4.18. The highest BCUT2D eigenvalue weighted by Gasteiger charge is 2.30. The van der Waals surface area contributed by atoms with Gasteiger partial charge in [-0.05, 0) is 36.4 Å². The minimum absolute atomic E-state index is 0.137. The van der Waals surface area contributed by atoms with E-state index in [2.05, 4.69) is 10.1 Å². The Labute approximate surface area is 155 Å². The van der Waals surface area contributed by atoms with Gasteiger partial charge in [0.15, 0.2) is 9.84 Å². The monoisotopic (exact) mass is 403 g/mol. The Morgan fingerprint density at radius 3 is 2.40 bits per heavy atom. The summed E-state index contributed by atoms with van der Waals surface area (Å²) in [6, 6.07) is 9.63. The molecule has 2 rings (SSSR count). The van der Waals surface area contributed by atoms with Crippen molar-refractivity contribution in [2.24, 2.45) is 0 Å². The van der Waals surface area contributed by atoms with E-state index in [1.165, 1.54) is 36.4 Å². The number of phenolic OH excluding ortho intramolecular Hbond substituents is 1. The second kappa shape index (κ2) is 7.95. The highest BCUT2D eigenvalue weighted by Crippen LogP contribution is 2.27. The van der Waals surface area contributed by atoms with E-state index in [9.17, 15) is 18.3 Å². The van der Waals surface area contributed by atoms with Crippen molar-refractivity contribution >= 4 is 44.7 Å². The molecule has 0 fully saturated rings. The predicted octanol–water partition coefficient (Wildman–Crippen LogP) is 3.47. The zero-order chi connectivity index (χ0) is 18.6. The van der Waals surface area contributed by atoms with Crippen LogP contribution in [0.5, 0.6) is 5.75 Å². The quantitative estimate of drug-likeness (QED) is 0.717. The normalized spacial score (nSPS) is 12.4. The van der Waals surface area contributed by atoms with Crippen LogP contribution in [0.2, 0.25) is 10.0 Å². The van der Waals surface area contributed by atoms with Gasteiger partial charge in [-0.25, -0.2) is 8.42 Å². The highest BCUT2D eigenvalue weighted by atomic mass is 35.5. The summed E-state index contributed by atoms with van der Waals surface area (Å²) >= 11 is 11.8. The van der Waals surface area contributed by atoms with Crippen LogP contribution >= 0.6 is 23.2 Å². The van der Waals surface area contributed by atoms with E-state index in [0.29, 0.717) is 15.7 Å². The number of sulfone groups is 1. The van der Waals surface area contributed by atoms with Crippen molar-refractivity contribution in [2.45, 2.75) is 16.7 Å². The van der Waals surface area contributed by atoms with Crippen LogP contribution < -0.4 is 5.32 Å². The molecule has 2 aromatic carbocycles. The SMILES string of the molecule is COC(=O)CC(Nc1cc(Cl)cc(Cl)c1)S(=O)(=O)c1cccc(O)c1. The molecule has 6 nitrogen and oxygen atoms in total. The lowest BCUT2D eigenvalue weighted by atomic mass is 10.3. The molecule has 0 saturated heterocycles. The molecule has 0 aliphatic carbocycles. The largest absolute Gasteiger partial charge is 0.508 e. The Balaban J connectivity index is 2.42. The second-order valence-electron chi connectivity index (χ2n) is 5.11. The van der Waals surface area contributed by atoms with Gasteiger partial charge in [-0.2, -0.15) is 0 Å². The minimum atomic E-state index is -4.01. The van der Waals surface area contributed by atoms with Crippen LogP contribution in [0, 0.1) is 0 Å². The van der Waals surface area contributed by atoms with Crippen molar-refractivity contribution in [1.29, 1.82) is 0 Å². The summed E-state index contributed by atoms with van der Waals surface area (Å²) in [5, 5.41) is 11.6. The fourth-order valence-electron chi connectivity index (χ4n) is 2.12. The van der Waals surface area contributed by atoms with Crippen molar-refractivity contribution in [3.05, 3.63) is 52.5 Å². The number of benzene rings is 2. The van der Waals surface area contributed by atoms with Gasteiger partial charge in [0.25, 0.3) is 0 Å². The van der Waals surface area contributed by atoms with Crippen molar-refractivity contribution in [3.8, 4) is 5.75 Å². The molecule has 0 aromatic heterocycles. The molecule has 2 aromatic rings. The highest BCUT2D eigenvalue weighted by molar-refractivity contribution is 7.92.